The first-order valence-electron chi connectivity index (χ1n) is 7.02. The Bertz CT molecular complexity index is 847. The Balaban J connectivity index is 1.98. The van der Waals surface area contributed by atoms with Gasteiger partial charge in [0.15, 0.2) is 0 Å². The summed E-state index contributed by atoms with van der Waals surface area (Å²) in [6.07, 6.45) is 0.793. The summed E-state index contributed by atoms with van der Waals surface area (Å²) < 4.78 is 39.6. The first-order chi connectivity index (χ1) is 11.5. The van der Waals surface area contributed by atoms with Gasteiger partial charge in [-0.25, -0.2) is 4.68 Å². The maximum Gasteiger partial charge on any atom is 0.417 e. The summed E-state index contributed by atoms with van der Waals surface area (Å²) >= 11 is 1.61. The standard InChI is InChI=1S/C15H12F3N5S/c1-2-24-13-4-3-5-20-14(13)12-9-23(22-21-12)11-6-10(7-19-8-11)15(16,17)18/h3-9H,2H2,1H3. The number of hydrogen-bond acceptors (Lipinski definition) is 5. The molecule has 0 radical (unpaired) electrons. The fraction of sp³-hybridized carbons (Fsp3) is 0.200. The number of thioether (sulfide) groups is 1. The van der Waals surface area contributed by atoms with Crippen LogP contribution in [0.2, 0.25) is 0 Å². The van der Waals surface area contributed by atoms with Crippen molar-refractivity contribution in [1.29, 1.82) is 0 Å². The van der Waals surface area contributed by atoms with Gasteiger partial charge in [-0.1, -0.05) is 12.1 Å². The molecule has 0 spiro atoms. The summed E-state index contributed by atoms with van der Waals surface area (Å²) in [7, 11) is 0. The van der Waals surface area contributed by atoms with Crippen LogP contribution in [0.15, 0.2) is 47.9 Å². The quantitative estimate of drug-likeness (QED) is 0.668. The number of nitrogens with zero attached hydrogens (tertiary/aromatic N) is 5. The highest BCUT2D eigenvalue weighted by molar-refractivity contribution is 7.99. The van der Waals surface area contributed by atoms with Crippen molar-refractivity contribution in [1.82, 2.24) is 25.0 Å². The van der Waals surface area contributed by atoms with Gasteiger partial charge in [0.1, 0.15) is 11.4 Å². The molecule has 0 aliphatic carbocycles. The summed E-state index contributed by atoms with van der Waals surface area (Å²) in [5, 5.41) is 7.92. The molecule has 0 fully saturated rings. The zero-order chi connectivity index (χ0) is 17.2. The van der Waals surface area contributed by atoms with E-state index >= 15 is 0 Å². The van der Waals surface area contributed by atoms with Gasteiger partial charge >= 0.3 is 6.18 Å². The third-order valence-corrected chi connectivity index (χ3v) is 4.05. The van der Waals surface area contributed by atoms with Crippen molar-refractivity contribution in [2.45, 2.75) is 18.0 Å². The molecule has 0 aliphatic heterocycles. The van der Waals surface area contributed by atoms with E-state index in [1.54, 1.807) is 24.2 Å². The lowest BCUT2D eigenvalue weighted by Crippen LogP contribution is -2.07. The topological polar surface area (TPSA) is 56.5 Å². The molecule has 0 unspecified atom stereocenters. The van der Waals surface area contributed by atoms with Crippen molar-refractivity contribution in [2.24, 2.45) is 0 Å². The van der Waals surface area contributed by atoms with Gasteiger partial charge in [0.2, 0.25) is 0 Å². The molecule has 3 heterocycles. The van der Waals surface area contributed by atoms with Crippen molar-refractivity contribution < 1.29 is 13.2 Å². The summed E-state index contributed by atoms with van der Waals surface area (Å²) in [6, 6.07) is 4.72. The molecule has 0 saturated carbocycles. The lowest BCUT2D eigenvalue weighted by atomic mass is 10.2. The van der Waals surface area contributed by atoms with Gasteiger partial charge < -0.3 is 0 Å². The molecule has 0 aliphatic rings. The molecule has 3 rings (SSSR count). The summed E-state index contributed by atoms with van der Waals surface area (Å²) in [6.45, 7) is 2.02. The minimum Gasteiger partial charge on any atom is -0.262 e. The van der Waals surface area contributed by atoms with E-state index in [2.05, 4.69) is 20.3 Å². The van der Waals surface area contributed by atoms with Gasteiger partial charge in [0.25, 0.3) is 0 Å². The molecule has 3 aromatic heterocycles. The summed E-state index contributed by atoms with van der Waals surface area (Å²) in [4.78, 5) is 8.87. The second kappa shape index (κ2) is 6.60. The average Bonchev–Trinajstić information content (AvgIpc) is 3.05. The minimum absolute atomic E-state index is 0.184. The van der Waals surface area contributed by atoms with Crippen LogP contribution in [0, 0.1) is 0 Å². The van der Waals surface area contributed by atoms with Crippen LogP contribution in [-0.4, -0.2) is 30.7 Å². The Morgan fingerprint density at radius 1 is 1.25 bits per heavy atom. The highest BCUT2D eigenvalue weighted by Gasteiger charge is 2.31. The number of pyridine rings is 2. The normalized spacial score (nSPS) is 11.7. The van der Waals surface area contributed by atoms with Crippen LogP contribution in [0.3, 0.4) is 0 Å². The van der Waals surface area contributed by atoms with Gasteiger partial charge in [0, 0.05) is 17.3 Å². The van der Waals surface area contributed by atoms with E-state index in [0.29, 0.717) is 11.4 Å². The first kappa shape index (κ1) is 16.4. The molecular weight excluding hydrogens is 339 g/mol. The van der Waals surface area contributed by atoms with Crippen LogP contribution in [0.5, 0.6) is 0 Å². The number of alkyl halides is 3. The number of hydrogen-bond donors (Lipinski definition) is 0. The van der Waals surface area contributed by atoms with E-state index in [1.165, 1.54) is 10.9 Å². The number of halogens is 3. The third kappa shape index (κ3) is 3.40. The molecule has 0 amide bonds. The van der Waals surface area contributed by atoms with Crippen molar-refractivity contribution in [2.75, 3.05) is 5.75 Å². The largest absolute Gasteiger partial charge is 0.417 e. The Kier molecular flexibility index (Phi) is 4.52. The van der Waals surface area contributed by atoms with Gasteiger partial charge in [-0.05, 0) is 24.0 Å². The van der Waals surface area contributed by atoms with E-state index in [-0.39, 0.29) is 5.69 Å². The van der Waals surface area contributed by atoms with E-state index in [0.717, 1.165) is 22.9 Å². The van der Waals surface area contributed by atoms with Crippen molar-refractivity contribution in [3.63, 3.8) is 0 Å². The predicted octanol–water partition coefficient (Wildman–Crippen LogP) is 3.86. The third-order valence-electron chi connectivity index (χ3n) is 3.12. The summed E-state index contributed by atoms with van der Waals surface area (Å²) in [5.74, 6) is 0.865. The Labute approximate surface area is 139 Å². The highest BCUT2D eigenvalue weighted by Crippen LogP contribution is 2.30. The zero-order valence-corrected chi connectivity index (χ0v) is 13.3. The van der Waals surface area contributed by atoms with Gasteiger partial charge in [0.05, 0.1) is 23.6 Å². The second-order valence-electron chi connectivity index (χ2n) is 4.76. The molecule has 3 aromatic rings. The minimum atomic E-state index is -4.46. The fourth-order valence-corrected chi connectivity index (χ4v) is 2.84. The number of aromatic nitrogens is 5. The van der Waals surface area contributed by atoms with Crippen LogP contribution >= 0.6 is 11.8 Å². The number of rotatable bonds is 4. The molecule has 124 valence electrons. The zero-order valence-electron chi connectivity index (χ0n) is 12.5. The lowest BCUT2D eigenvalue weighted by molar-refractivity contribution is -0.137. The van der Waals surface area contributed by atoms with E-state index in [9.17, 15) is 13.2 Å². The molecule has 9 heteroatoms. The molecule has 0 N–H and O–H groups in total. The van der Waals surface area contributed by atoms with Crippen LogP contribution < -0.4 is 0 Å². The van der Waals surface area contributed by atoms with Crippen LogP contribution in [0.25, 0.3) is 17.1 Å². The van der Waals surface area contributed by atoms with Crippen LogP contribution in [-0.2, 0) is 6.18 Å². The highest BCUT2D eigenvalue weighted by atomic mass is 32.2. The van der Waals surface area contributed by atoms with Gasteiger partial charge in [-0.3, -0.25) is 9.97 Å². The lowest BCUT2D eigenvalue weighted by Gasteiger charge is -2.07. The van der Waals surface area contributed by atoms with E-state index in [4.69, 9.17) is 0 Å². The van der Waals surface area contributed by atoms with Gasteiger partial charge in [-0.15, -0.1) is 16.9 Å². The predicted molar refractivity (Wildman–Crippen MR) is 83.8 cm³/mol. The Morgan fingerprint density at radius 2 is 2.08 bits per heavy atom. The molecule has 24 heavy (non-hydrogen) atoms. The molecule has 5 nitrogen and oxygen atoms in total. The maximum atomic E-state index is 12.8. The fourth-order valence-electron chi connectivity index (χ4n) is 2.06. The second-order valence-corrected chi connectivity index (χ2v) is 6.07. The molecule has 0 bridgehead atoms. The van der Waals surface area contributed by atoms with E-state index in [1.807, 2.05) is 19.1 Å². The molecular formula is C15H12F3N5S. The van der Waals surface area contributed by atoms with Crippen molar-refractivity contribution in [3.8, 4) is 17.1 Å². The molecule has 0 saturated heterocycles. The first-order valence-corrected chi connectivity index (χ1v) is 8.00. The van der Waals surface area contributed by atoms with Gasteiger partial charge in [-0.2, -0.15) is 13.2 Å². The monoisotopic (exact) mass is 351 g/mol. The van der Waals surface area contributed by atoms with E-state index < -0.39 is 11.7 Å². The smallest absolute Gasteiger partial charge is 0.262 e. The average molecular weight is 351 g/mol. The maximum absolute atomic E-state index is 12.8. The van der Waals surface area contributed by atoms with Crippen molar-refractivity contribution in [3.05, 3.63) is 48.5 Å². The Morgan fingerprint density at radius 3 is 2.83 bits per heavy atom. The molecule has 0 aromatic carbocycles. The molecule has 0 atom stereocenters. The van der Waals surface area contributed by atoms with Crippen LogP contribution in [0.1, 0.15) is 12.5 Å². The Hall–Kier alpha value is -2.42. The summed E-state index contributed by atoms with van der Waals surface area (Å²) in [5.41, 5.74) is 0.487. The van der Waals surface area contributed by atoms with Crippen molar-refractivity contribution >= 4 is 11.8 Å². The SMILES string of the molecule is CCSc1cccnc1-c1cn(-c2cncc(C(F)(F)F)c2)nn1. The van der Waals surface area contributed by atoms with Crippen LogP contribution in [0.4, 0.5) is 13.2 Å².